The average Bonchev–Trinajstić information content (AvgIpc) is 2.26. The van der Waals surface area contributed by atoms with Gasteiger partial charge in [0.25, 0.3) is 20.2 Å². The van der Waals surface area contributed by atoms with Gasteiger partial charge in [0, 0.05) is 0 Å². The third kappa shape index (κ3) is 5.22. The van der Waals surface area contributed by atoms with Crippen LogP contribution < -0.4 is 0 Å². The molecule has 0 amide bonds. The fraction of sp³-hybridized carbons (Fsp3) is 0.857. The Morgan fingerprint density at radius 3 is 2.20 bits per heavy atom. The van der Waals surface area contributed by atoms with Crippen LogP contribution in [0.2, 0.25) is 0 Å². The number of ether oxygens (including phenoxy) is 1. The molecule has 0 aromatic rings. The largest absolute Gasteiger partial charge is 0.454 e. The SMILES string of the molecule is CC1OS(=O)(=O)CS(=O)(=O)OC1C(=O)OCC(F)(F)F. The van der Waals surface area contributed by atoms with Crippen molar-refractivity contribution in [3.05, 3.63) is 0 Å². The van der Waals surface area contributed by atoms with Gasteiger partial charge in [-0.1, -0.05) is 0 Å². The summed E-state index contributed by atoms with van der Waals surface area (Å²) in [6.45, 7) is -1.02. The van der Waals surface area contributed by atoms with E-state index >= 15 is 0 Å². The van der Waals surface area contributed by atoms with Crippen LogP contribution in [0.3, 0.4) is 0 Å². The number of alkyl halides is 3. The molecule has 13 heteroatoms. The first kappa shape index (κ1) is 17.1. The van der Waals surface area contributed by atoms with Gasteiger partial charge in [-0.2, -0.15) is 30.0 Å². The molecular weight excluding hydrogens is 333 g/mol. The van der Waals surface area contributed by atoms with Crippen LogP contribution in [0.1, 0.15) is 6.92 Å². The Bertz CT molecular complexity index is 578. The zero-order valence-corrected chi connectivity index (χ0v) is 11.4. The topological polar surface area (TPSA) is 113 Å². The molecule has 1 aliphatic rings. The van der Waals surface area contributed by atoms with E-state index in [-0.39, 0.29) is 0 Å². The lowest BCUT2D eigenvalue weighted by molar-refractivity contribution is -0.192. The van der Waals surface area contributed by atoms with Crippen LogP contribution >= 0.6 is 0 Å². The van der Waals surface area contributed by atoms with E-state index in [0.29, 0.717) is 0 Å². The van der Waals surface area contributed by atoms with Crippen molar-refractivity contribution in [2.75, 3.05) is 11.7 Å². The highest BCUT2D eigenvalue weighted by Crippen LogP contribution is 2.21. The summed E-state index contributed by atoms with van der Waals surface area (Å²) in [6.07, 6.45) is -8.62. The van der Waals surface area contributed by atoms with E-state index in [2.05, 4.69) is 13.1 Å². The molecule has 0 saturated carbocycles. The Labute approximate surface area is 112 Å². The second-order valence-electron chi connectivity index (χ2n) is 3.77. The van der Waals surface area contributed by atoms with E-state index < -0.39 is 56.3 Å². The third-order valence-electron chi connectivity index (χ3n) is 1.87. The maximum Gasteiger partial charge on any atom is 0.422 e. The lowest BCUT2D eigenvalue weighted by Crippen LogP contribution is -2.39. The van der Waals surface area contributed by atoms with E-state index in [9.17, 15) is 34.8 Å². The Hall–Kier alpha value is -0.920. The van der Waals surface area contributed by atoms with Crippen LogP contribution in [0, 0.1) is 0 Å². The summed E-state index contributed by atoms with van der Waals surface area (Å²) in [6, 6.07) is 0. The first-order valence-corrected chi connectivity index (χ1v) is 8.02. The molecule has 0 aromatic carbocycles. The predicted molar refractivity (Wildman–Crippen MR) is 55.1 cm³/mol. The zero-order valence-electron chi connectivity index (χ0n) is 9.79. The molecule has 1 rings (SSSR count). The first-order chi connectivity index (χ1) is 8.81. The third-order valence-corrected chi connectivity index (χ3v) is 5.28. The minimum Gasteiger partial charge on any atom is -0.454 e. The number of carbonyl (C=O) groups excluding carboxylic acids is 1. The normalized spacial score (nSPS) is 29.4. The molecule has 118 valence electrons. The average molecular weight is 342 g/mol. The number of esters is 1. The lowest BCUT2D eigenvalue weighted by Gasteiger charge is -2.18. The van der Waals surface area contributed by atoms with Crippen molar-refractivity contribution >= 4 is 26.2 Å². The number of rotatable bonds is 2. The van der Waals surface area contributed by atoms with Gasteiger partial charge in [-0.05, 0) is 6.92 Å². The van der Waals surface area contributed by atoms with E-state index in [1.165, 1.54) is 0 Å². The van der Waals surface area contributed by atoms with E-state index in [4.69, 9.17) is 0 Å². The summed E-state index contributed by atoms with van der Waals surface area (Å²) in [5.41, 5.74) is 0. The predicted octanol–water partition coefficient (Wildman–Crippen LogP) is -0.487. The maximum absolute atomic E-state index is 11.9. The van der Waals surface area contributed by atoms with Crippen LogP contribution in [0.4, 0.5) is 13.2 Å². The van der Waals surface area contributed by atoms with Gasteiger partial charge in [-0.3, -0.25) is 8.37 Å². The summed E-state index contributed by atoms with van der Waals surface area (Å²) in [7, 11) is -9.23. The quantitative estimate of drug-likeness (QED) is 0.488. The second kappa shape index (κ2) is 5.46. The Balaban J connectivity index is 2.91. The molecule has 0 N–H and O–H groups in total. The summed E-state index contributed by atoms with van der Waals surface area (Å²) in [4.78, 5) is 11.3. The Kier molecular flexibility index (Phi) is 4.68. The standard InChI is InChI=1S/C7H9F3O8S2/c1-4-5(6(11)16-2-7(8,9)10)18-20(14,15)3-19(12,13)17-4/h4-5H,2-3H2,1H3. The minimum absolute atomic E-state index is 0.942. The van der Waals surface area contributed by atoms with Crippen molar-refractivity contribution in [2.45, 2.75) is 25.3 Å². The van der Waals surface area contributed by atoms with Gasteiger partial charge < -0.3 is 4.74 Å². The number of halogens is 3. The minimum atomic E-state index is -4.82. The number of hydrogen-bond acceptors (Lipinski definition) is 8. The van der Waals surface area contributed by atoms with Gasteiger partial charge in [-0.15, -0.1) is 0 Å². The van der Waals surface area contributed by atoms with Gasteiger partial charge in [0.15, 0.2) is 6.61 Å². The Morgan fingerprint density at radius 1 is 1.20 bits per heavy atom. The molecule has 1 aliphatic heterocycles. The van der Waals surface area contributed by atoms with Crippen molar-refractivity contribution < 1.29 is 47.9 Å². The molecular formula is C7H9F3O8S2. The summed E-state index contributed by atoms with van der Waals surface area (Å²) >= 11 is 0. The molecule has 2 unspecified atom stereocenters. The molecule has 0 bridgehead atoms. The van der Waals surface area contributed by atoms with Crippen LogP contribution in [0.25, 0.3) is 0 Å². The fourth-order valence-electron chi connectivity index (χ4n) is 1.22. The zero-order chi connectivity index (χ0) is 15.8. The van der Waals surface area contributed by atoms with Gasteiger partial charge in [0.05, 0.1) is 0 Å². The first-order valence-electron chi connectivity index (χ1n) is 4.87. The van der Waals surface area contributed by atoms with Gasteiger partial charge >= 0.3 is 12.1 Å². The summed E-state index contributed by atoms with van der Waals surface area (Å²) < 4.78 is 92.7. The van der Waals surface area contributed by atoms with Crippen molar-refractivity contribution in [1.29, 1.82) is 0 Å². The molecule has 8 nitrogen and oxygen atoms in total. The maximum atomic E-state index is 11.9. The van der Waals surface area contributed by atoms with Crippen LogP contribution in [0.5, 0.6) is 0 Å². The lowest BCUT2D eigenvalue weighted by atomic mass is 10.2. The Morgan fingerprint density at radius 2 is 1.70 bits per heavy atom. The molecule has 1 fully saturated rings. The van der Waals surface area contributed by atoms with Crippen LogP contribution in [0.15, 0.2) is 0 Å². The molecule has 0 aliphatic carbocycles. The smallest absolute Gasteiger partial charge is 0.422 e. The highest BCUT2D eigenvalue weighted by molar-refractivity contribution is 8.03. The number of hydrogen-bond donors (Lipinski definition) is 0. The van der Waals surface area contributed by atoms with Gasteiger partial charge in [0.1, 0.15) is 6.10 Å². The van der Waals surface area contributed by atoms with Gasteiger partial charge in [-0.25, -0.2) is 4.79 Å². The molecule has 20 heavy (non-hydrogen) atoms. The molecule has 0 spiro atoms. The van der Waals surface area contributed by atoms with E-state index in [0.717, 1.165) is 6.92 Å². The number of carbonyl (C=O) groups is 1. The second-order valence-corrected chi connectivity index (χ2v) is 7.33. The highest BCUT2D eigenvalue weighted by atomic mass is 32.3. The fourth-order valence-corrected chi connectivity index (χ4v) is 4.19. The van der Waals surface area contributed by atoms with Crippen LogP contribution in [-0.2, 0) is 38.1 Å². The van der Waals surface area contributed by atoms with Gasteiger partial charge in [0.2, 0.25) is 11.2 Å². The van der Waals surface area contributed by atoms with E-state index in [1.807, 2.05) is 0 Å². The molecule has 2 atom stereocenters. The van der Waals surface area contributed by atoms with Crippen molar-refractivity contribution in [3.8, 4) is 0 Å². The molecule has 0 radical (unpaired) electrons. The van der Waals surface area contributed by atoms with Crippen molar-refractivity contribution in [3.63, 3.8) is 0 Å². The molecule has 1 heterocycles. The highest BCUT2D eigenvalue weighted by Gasteiger charge is 2.43. The molecule has 1 saturated heterocycles. The summed E-state index contributed by atoms with van der Waals surface area (Å²) in [5, 5.41) is -1.55. The molecule has 0 aromatic heterocycles. The van der Waals surface area contributed by atoms with Crippen molar-refractivity contribution in [1.82, 2.24) is 0 Å². The van der Waals surface area contributed by atoms with Crippen molar-refractivity contribution in [2.24, 2.45) is 0 Å². The van der Waals surface area contributed by atoms with E-state index in [1.54, 1.807) is 0 Å². The van der Waals surface area contributed by atoms with Crippen LogP contribution in [-0.4, -0.2) is 52.9 Å². The summed E-state index contributed by atoms with van der Waals surface area (Å²) in [5.74, 6) is -1.70. The monoisotopic (exact) mass is 342 g/mol.